The predicted octanol–water partition coefficient (Wildman–Crippen LogP) is 4.06. The number of unbranched alkanes of at least 4 members (excludes halogenated alkanes) is 6. The molecule has 0 saturated heterocycles. The first-order valence-electron chi connectivity index (χ1n) is 6.10. The largest absolute Gasteiger partial charge is 0.393 e. The molecule has 14 heavy (non-hydrogen) atoms. The van der Waals surface area contributed by atoms with Crippen LogP contribution in [0.15, 0.2) is 12.2 Å². The predicted molar refractivity (Wildman–Crippen MR) is 63.4 cm³/mol. The van der Waals surface area contributed by atoms with E-state index in [4.69, 9.17) is 5.11 Å². The average molecular weight is 198 g/mol. The van der Waals surface area contributed by atoms with Gasteiger partial charge in [-0.3, -0.25) is 0 Å². The highest BCUT2D eigenvalue weighted by Gasteiger charge is 1.90. The molecule has 0 rings (SSSR count). The Kier molecular flexibility index (Phi) is 10.5. The van der Waals surface area contributed by atoms with Crippen molar-refractivity contribution in [1.82, 2.24) is 0 Å². The molecular weight excluding hydrogens is 172 g/mol. The van der Waals surface area contributed by atoms with Crippen LogP contribution in [0.4, 0.5) is 0 Å². The van der Waals surface area contributed by atoms with Gasteiger partial charge in [0.25, 0.3) is 0 Å². The zero-order valence-corrected chi connectivity index (χ0v) is 9.84. The van der Waals surface area contributed by atoms with Gasteiger partial charge in [0.1, 0.15) is 0 Å². The lowest BCUT2D eigenvalue weighted by molar-refractivity contribution is 0.198. The lowest BCUT2D eigenvalue weighted by atomic mass is 10.1. The van der Waals surface area contributed by atoms with Crippen LogP contribution in [0.2, 0.25) is 0 Å². The fourth-order valence-electron chi connectivity index (χ4n) is 1.45. The SMILES string of the molecule is CCCCCCCC/C=C\CC(C)O. The van der Waals surface area contributed by atoms with E-state index < -0.39 is 0 Å². The first kappa shape index (κ1) is 13.7. The van der Waals surface area contributed by atoms with Crippen molar-refractivity contribution in [3.63, 3.8) is 0 Å². The van der Waals surface area contributed by atoms with Gasteiger partial charge in [-0.2, -0.15) is 0 Å². The molecule has 1 atom stereocenters. The van der Waals surface area contributed by atoms with Crippen LogP contribution in [0.3, 0.4) is 0 Å². The molecule has 0 radical (unpaired) electrons. The Bertz CT molecular complexity index is 127. The summed E-state index contributed by atoms with van der Waals surface area (Å²) in [6, 6.07) is 0. The maximum absolute atomic E-state index is 9.00. The Morgan fingerprint density at radius 3 is 2.29 bits per heavy atom. The number of rotatable bonds is 9. The van der Waals surface area contributed by atoms with Gasteiger partial charge in [-0.1, -0.05) is 51.2 Å². The third-order valence-corrected chi connectivity index (χ3v) is 2.37. The quantitative estimate of drug-likeness (QED) is 0.437. The van der Waals surface area contributed by atoms with Gasteiger partial charge in [-0.25, -0.2) is 0 Å². The van der Waals surface area contributed by atoms with Gasteiger partial charge in [0.2, 0.25) is 0 Å². The minimum absolute atomic E-state index is 0.184. The monoisotopic (exact) mass is 198 g/mol. The van der Waals surface area contributed by atoms with Crippen LogP contribution in [0.5, 0.6) is 0 Å². The van der Waals surface area contributed by atoms with Gasteiger partial charge in [0.05, 0.1) is 6.10 Å². The fraction of sp³-hybridized carbons (Fsp3) is 0.846. The van der Waals surface area contributed by atoms with Crippen molar-refractivity contribution in [3.8, 4) is 0 Å². The van der Waals surface area contributed by atoms with Gasteiger partial charge in [0.15, 0.2) is 0 Å². The summed E-state index contributed by atoms with van der Waals surface area (Å²) in [5.41, 5.74) is 0. The molecule has 0 aliphatic heterocycles. The molecule has 84 valence electrons. The molecule has 0 fully saturated rings. The number of aliphatic hydroxyl groups is 1. The minimum Gasteiger partial charge on any atom is -0.393 e. The van der Waals surface area contributed by atoms with Crippen molar-refractivity contribution in [1.29, 1.82) is 0 Å². The molecule has 0 aliphatic carbocycles. The highest BCUT2D eigenvalue weighted by Crippen LogP contribution is 2.07. The Morgan fingerprint density at radius 1 is 1.00 bits per heavy atom. The van der Waals surface area contributed by atoms with E-state index in [0.717, 1.165) is 6.42 Å². The van der Waals surface area contributed by atoms with Crippen LogP contribution in [0.1, 0.15) is 65.2 Å². The van der Waals surface area contributed by atoms with E-state index in [-0.39, 0.29) is 6.10 Å². The van der Waals surface area contributed by atoms with E-state index in [2.05, 4.69) is 19.1 Å². The normalized spacial score (nSPS) is 13.6. The summed E-state index contributed by atoms with van der Waals surface area (Å²) in [6.07, 6.45) is 14.3. The zero-order valence-electron chi connectivity index (χ0n) is 9.84. The number of allylic oxidation sites excluding steroid dienone is 1. The molecule has 0 aromatic rings. The number of hydrogen-bond acceptors (Lipinski definition) is 1. The molecule has 1 nitrogen and oxygen atoms in total. The third-order valence-electron chi connectivity index (χ3n) is 2.37. The van der Waals surface area contributed by atoms with Gasteiger partial charge in [0, 0.05) is 0 Å². The average Bonchev–Trinajstić information content (AvgIpc) is 2.15. The van der Waals surface area contributed by atoms with Crippen LogP contribution in [-0.4, -0.2) is 11.2 Å². The topological polar surface area (TPSA) is 20.2 Å². The van der Waals surface area contributed by atoms with E-state index >= 15 is 0 Å². The van der Waals surface area contributed by atoms with Crippen LogP contribution in [0.25, 0.3) is 0 Å². The standard InChI is InChI=1S/C13H26O/c1-3-4-5-6-7-8-9-10-11-12-13(2)14/h10-11,13-14H,3-9,12H2,1-2H3/b11-10-. The van der Waals surface area contributed by atoms with Crippen molar-refractivity contribution in [2.24, 2.45) is 0 Å². The van der Waals surface area contributed by atoms with Crippen molar-refractivity contribution in [2.45, 2.75) is 71.3 Å². The maximum atomic E-state index is 9.00. The molecular formula is C13H26O. The lowest BCUT2D eigenvalue weighted by Gasteiger charge is -1.98. The van der Waals surface area contributed by atoms with Gasteiger partial charge < -0.3 is 5.11 Å². The molecule has 0 aromatic heterocycles. The summed E-state index contributed by atoms with van der Waals surface area (Å²) in [6.45, 7) is 4.08. The Hall–Kier alpha value is -0.300. The lowest BCUT2D eigenvalue weighted by Crippen LogP contribution is -1.95. The highest BCUT2D eigenvalue weighted by atomic mass is 16.3. The molecule has 0 heterocycles. The summed E-state index contributed by atoms with van der Waals surface area (Å²) >= 11 is 0. The molecule has 0 aromatic carbocycles. The Balaban J connectivity index is 3.01. The molecule has 0 bridgehead atoms. The fourth-order valence-corrected chi connectivity index (χ4v) is 1.45. The van der Waals surface area contributed by atoms with Gasteiger partial charge in [-0.15, -0.1) is 0 Å². The summed E-state index contributed by atoms with van der Waals surface area (Å²) in [7, 11) is 0. The molecule has 1 heteroatoms. The highest BCUT2D eigenvalue weighted by molar-refractivity contribution is 4.82. The third kappa shape index (κ3) is 11.7. The van der Waals surface area contributed by atoms with Crippen LogP contribution >= 0.6 is 0 Å². The van der Waals surface area contributed by atoms with Gasteiger partial charge in [-0.05, 0) is 26.2 Å². The molecule has 0 saturated carbocycles. The summed E-state index contributed by atoms with van der Waals surface area (Å²) in [4.78, 5) is 0. The molecule has 1 N–H and O–H groups in total. The minimum atomic E-state index is -0.184. The van der Waals surface area contributed by atoms with Crippen molar-refractivity contribution in [2.75, 3.05) is 0 Å². The van der Waals surface area contributed by atoms with Crippen LogP contribution in [-0.2, 0) is 0 Å². The first-order chi connectivity index (χ1) is 6.77. The maximum Gasteiger partial charge on any atom is 0.0546 e. The van der Waals surface area contributed by atoms with E-state index in [1.54, 1.807) is 0 Å². The van der Waals surface area contributed by atoms with Crippen molar-refractivity contribution < 1.29 is 5.11 Å². The molecule has 0 amide bonds. The number of aliphatic hydroxyl groups excluding tert-OH is 1. The summed E-state index contributed by atoms with van der Waals surface area (Å²) < 4.78 is 0. The zero-order chi connectivity index (χ0) is 10.6. The van der Waals surface area contributed by atoms with Crippen LogP contribution in [0, 0.1) is 0 Å². The number of hydrogen-bond donors (Lipinski definition) is 1. The molecule has 1 unspecified atom stereocenters. The van der Waals surface area contributed by atoms with Crippen LogP contribution < -0.4 is 0 Å². The second-order valence-corrected chi connectivity index (χ2v) is 4.11. The van der Waals surface area contributed by atoms with E-state index in [1.807, 2.05) is 6.92 Å². The van der Waals surface area contributed by atoms with E-state index in [1.165, 1.54) is 44.9 Å². The summed E-state index contributed by atoms with van der Waals surface area (Å²) in [5, 5.41) is 9.00. The van der Waals surface area contributed by atoms with Crippen molar-refractivity contribution >= 4 is 0 Å². The Morgan fingerprint density at radius 2 is 1.64 bits per heavy atom. The molecule has 0 aliphatic rings. The van der Waals surface area contributed by atoms with E-state index in [0.29, 0.717) is 0 Å². The first-order valence-corrected chi connectivity index (χ1v) is 6.10. The second-order valence-electron chi connectivity index (χ2n) is 4.11. The van der Waals surface area contributed by atoms with Crippen molar-refractivity contribution in [3.05, 3.63) is 12.2 Å². The summed E-state index contributed by atoms with van der Waals surface area (Å²) in [5.74, 6) is 0. The second kappa shape index (κ2) is 10.8. The van der Waals surface area contributed by atoms with Gasteiger partial charge >= 0.3 is 0 Å². The Labute approximate surface area is 89.2 Å². The smallest absolute Gasteiger partial charge is 0.0546 e. The van der Waals surface area contributed by atoms with E-state index in [9.17, 15) is 0 Å². The molecule has 0 spiro atoms.